The van der Waals surface area contributed by atoms with Crippen molar-refractivity contribution in [3.63, 3.8) is 0 Å². The SMILES string of the molecule is COc1ccc(COc2cc3cnccc3nc2NS(=O)(=O)c2cccc(Cl)c2C)cc1OC. The number of hydrogen-bond acceptors (Lipinski definition) is 7. The first kappa shape index (κ1) is 23.6. The van der Waals surface area contributed by atoms with E-state index in [4.69, 9.17) is 25.8 Å². The largest absolute Gasteiger partial charge is 0.493 e. The van der Waals surface area contributed by atoms with E-state index in [9.17, 15) is 8.42 Å². The minimum absolute atomic E-state index is 0.0542. The number of nitrogens with one attached hydrogen (secondary N) is 1. The fourth-order valence-electron chi connectivity index (χ4n) is 3.37. The maximum atomic E-state index is 13.2. The van der Waals surface area contributed by atoms with E-state index in [0.29, 0.717) is 33.0 Å². The lowest BCUT2D eigenvalue weighted by atomic mass is 10.2. The highest BCUT2D eigenvalue weighted by atomic mass is 35.5. The molecule has 4 aromatic rings. The van der Waals surface area contributed by atoms with Crippen molar-refractivity contribution in [2.24, 2.45) is 0 Å². The molecular formula is C24H22ClN3O5S. The van der Waals surface area contributed by atoms with Crippen LogP contribution in [-0.4, -0.2) is 32.6 Å². The third-order valence-corrected chi connectivity index (χ3v) is 7.05. The van der Waals surface area contributed by atoms with Crippen LogP contribution in [0.2, 0.25) is 5.02 Å². The molecule has 34 heavy (non-hydrogen) atoms. The van der Waals surface area contributed by atoms with Crippen molar-refractivity contribution >= 4 is 38.3 Å². The lowest BCUT2D eigenvalue weighted by molar-refractivity contribution is 0.305. The van der Waals surface area contributed by atoms with Crippen LogP contribution in [0, 0.1) is 6.92 Å². The first-order valence-electron chi connectivity index (χ1n) is 10.2. The van der Waals surface area contributed by atoms with E-state index < -0.39 is 10.0 Å². The maximum Gasteiger partial charge on any atom is 0.263 e. The molecule has 2 heterocycles. The van der Waals surface area contributed by atoms with Crippen molar-refractivity contribution in [2.45, 2.75) is 18.4 Å². The molecule has 0 bridgehead atoms. The van der Waals surface area contributed by atoms with Crippen molar-refractivity contribution in [3.05, 3.63) is 77.1 Å². The van der Waals surface area contributed by atoms with Crippen LogP contribution < -0.4 is 18.9 Å². The number of aromatic nitrogens is 2. The van der Waals surface area contributed by atoms with E-state index >= 15 is 0 Å². The number of anilines is 1. The third kappa shape index (κ3) is 4.85. The molecule has 0 radical (unpaired) electrons. The van der Waals surface area contributed by atoms with Gasteiger partial charge in [-0.15, -0.1) is 0 Å². The van der Waals surface area contributed by atoms with Crippen LogP contribution in [0.1, 0.15) is 11.1 Å². The van der Waals surface area contributed by atoms with Gasteiger partial charge in [0.1, 0.15) is 6.61 Å². The fourth-order valence-corrected chi connectivity index (χ4v) is 4.89. The molecule has 1 N–H and O–H groups in total. The van der Waals surface area contributed by atoms with Gasteiger partial charge in [0.15, 0.2) is 23.1 Å². The van der Waals surface area contributed by atoms with Crippen molar-refractivity contribution in [2.75, 3.05) is 18.9 Å². The molecule has 0 aliphatic heterocycles. The number of halogens is 1. The van der Waals surface area contributed by atoms with Gasteiger partial charge in [0.2, 0.25) is 0 Å². The molecule has 176 valence electrons. The van der Waals surface area contributed by atoms with E-state index in [1.54, 1.807) is 69.9 Å². The molecule has 0 fully saturated rings. The maximum absolute atomic E-state index is 13.2. The molecule has 0 saturated heterocycles. The summed E-state index contributed by atoms with van der Waals surface area (Å²) in [6, 6.07) is 13.5. The molecule has 8 nitrogen and oxygen atoms in total. The zero-order valence-corrected chi connectivity index (χ0v) is 20.3. The molecule has 0 unspecified atom stereocenters. The Kier molecular flexibility index (Phi) is 6.76. The van der Waals surface area contributed by atoms with E-state index in [1.807, 2.05) is 6.07 Å². The molecule has 4 rings (SSSR count). The monoisotopic (exact) mass is 499 g/mol. The Morgan fingerprint density at radius 3 is 2.56 bits per heavy atom. The summed E-state index contributed by atoms with van der Waals surface area (Å²) in [5.74, 6) is 1.45. The summed E-state index contributed by atoms with van der Waals surface area (Å²) in [5.41, 5.74) is 1.80. The molecule has 0 atom stereocenters. The third-order valence-electron chi connectivity index (χ3n) is 5.16. The fraction of sp³-hybridized carbons (Fsp3) is 0.167. The smallest absolute Gasteiger partial charge is 0.263 e. The number of fused-ring (bicyclic) bond motifs is 1. The van der Waals surface area contributed by atoms with Gasteiger partial charge >= 0.3 is 0 Å². The Morgan fingerprint density at radius 2 is 1.79 bits per heavy atom. The highest BCUT2D eigenvalue weighted by Gasteiger charge is 2.22. The second-order valence-electron chi connectivity index (χ2n) is 7.35. The van der Waals surface area contributed by atoms with Gasteiger partial charge in [0.25, 0.3) is 10.0 Å². The van der Waals surface area contributed by atoms with Crippen LogP contribution in [-0.2, 0) is 16.6 Å². The van der Waals surface area contributed by atoms with Crippen molar-refractivity contribution in [1.29, 1.82) is 0 Å². The zero-order valence-electron chi connectivity index (χ0n) is 18.7. The van der Waals surface area contributed by atoms with E-state index in [-0.39, 0.29) is 23.1 Å². The number of ether oxygens (including phenoxy) is 3. The van der Waals surface area contributed by atoms with Crippen molar-refractivity contribution in [3.8, 4) is 17.2 Å². The van der Waals surface area contributed by atoms with Crippen molar-refractivity contribution in [1.82, 2.24) is 9.97 Å². The molecule has 2 aromatic heterocycles. The standard InChI is InChI=1S/C24H22ClN3O5S/c1-15-18(25)5-4-6-23(15)34(29,30)28-24-22(12-17-13-26-10-9-19(17)27-24)33-14-16-7-8-20(31-2)21(11-16)32-3/h4-13H,14H2,1-3H3,(H,27,28). The summed E-state index contributed by atoms with van der Waals surface area (Å²) >= 11 is 6.14. The molecule has 0 saturated carbocycles. The summed E-state index contributed by atoms with van der Waals surface area (Å²) in [6.07, 6.45) is 3.21. The molecule has 10 heteroatoms. The van der Waals surface area contributed by atoms with Gasteiger partial charge in [-0.25, -0.2) is 13.4 Å². The van der Waals surface area contributed by atoms with Crippen LogP contribution in [0.3, 0.4) is 0 Å². The Morgan fingerprint density at radius 1 is 1.00 bits per heavy atom. The highest BCUT2D eigenvalue weighted by Crippen LogP contribution is 2.32. The molecule has 0 spiro atoms. The summed E-state index contributed by atoms with van der Waals surface area (Å²) in [5, 5.41) is 1.05. The van der Waals surface area contributed by atoms with Gasteiger partial charge in [-0.3, -0.25) is 9.71 Å². The van der Waals surface area contributed by atoms with E-state index in [2.05, 4.69) is 14.7 Å². The lowest BCUT2D eigenvalue weighted by Gasteiger charge is -2.16. The number of pyridine rings is 2. The normalized spacial score (nSPS) is 11.3. The quantitative estimate of drug-likeness (QED) is 0.364. The number of rotatable bonds is 8. The van der Waals surface area contributed by atoms with Crippen LogP contribution in [0.15, 0.2) is 65.8 Å². The minimum atomic E-state index is -3.99. The molecule has 0 amide bonds. The predicted molar refractivity (Wildman–Crippen MR) is 130 cm³/mol. The van der Waals surface area contributed by atoms with Crippen LogP contribution in [0.5, 0.6) is 17.2 Å². The summed E-state index contributed by atoms with van der Waals surface area (Å²) < 4.78 is 45.5. The predicted octanol–water partition coefficient (Wildman–Crippen LogP) is 4.99. The second kappa shape index (κ2) is 9.74. The first-order valence-corrected chi connectivity index (χ1v) is 12.0. The average molecular weight is 500 g/mol. The Hall–Kier alpha value is -3.56. The molecule has 0 aliphatic carbocycles. The second-order valence-corrected chi connectivity index (χ2v) is 9.41. The number of sulfonamides is 1. The van der Waals surface area contributed by atoms with Gasteiger partial charge in [-0.2, -0.15) is 0 Å². The molecule has 2 aromatic carbocycles. The van der Waals surface area contributed by atoms with Gasteiger partial charge in [-0.05, 0) is 54.4 Å². The van der Waals surface area contributed by atoms with Crippen molar-refractivity contribution < 1.29 is 22.6 Å². The number of benzene rings is 2. The minimum Gasteiger partial charge on any atom is -0.493 e. The summed E-state index contributed by atoms with van der Waals surface area (Å²) in [6.45, 7) is 1.78. The van der Waals surface area contributed by atoms with Gasteiger partial charge in [-0.1, -0.05) is 23.7 Å². The molecular weight excluding hydrogens is 478 g/mol. The average Bonchev–Trinajstić information content (AvgIpc) is 2.83. The van der Waals surface area contributed by atoms with E-state index in [1.165, 1.54) is 6.07 Å². The number of methoxy groups -OCH3 is 2. The lowest BCUT2D eigenvalue weighted by Crippen LogP contribution is -2.16. The highest BCUT2D eigenvalue weighted by molar-refractivity contribution is 7.92. The van der Waals surface area contributed by atoms with Crippen LogP contribution in [0.25, 0.3) is 10.9 Å². The van der Waals surface area contributed by atoms with Crippen LogP contribution >= 0.6 is 11.6 Å². The molecule has 0 aliphatic rings. The summed E-state index contributed by atoms with van der Waals surface area (Å²) in [4.78, 5) is 8.64. The first-order chi connectivity index (χ1) is 16.3. The number of nitrogens with zero attached hydrogens (tertiary/aromatic N) is 2. The Labute approximate surface area is 202 Å². The zero-order chi connectivity index (χ0) is 24.3. The van der Waals surface area contributed by atoms with Crippen LogP contribution in [0.4, 0.5) is 5.82 Å². The van der Waals surface area contributed by atoms with Gasteiger partial charge in [0, 0.05) is 22.8 Å². The van der Waals surface area contributed by atoms with Gasteiger partial charge in [0.05, 0.1) is 24.6 Å². The van der Waals surface area contributed by atoms with E-state index in [0.717, 1.165) is 5.56 Å². The summed E-state index contributed by atoms with van der Waals surface area (Å²) in [7, 11) is -0.882. The van der Waals surface area contributed by atoms with Gasteiger partial charge < -0.3 is 14.2 Å². The Balaban J connectivity index is 1.70. The Bertz CT molecular complexity index is 1460. The number of hydrogen-bond donors (Lipinski definition) is 1. The topological polar surface area (TPSA) is 99.6 Å².